The van der Waals surface area contributed by atoms with Gasteiger partial charge in [0.15, 0.2) is 0 Å². The van der Waals surface area contributed by atoms with E-state index in [1.165, 1.54) is 0 Å². The molecule has 0 bridgehead atoms. The van der Waals surface area contributed by atoms with Crippen LogP contribution in [0, 0.1) is 0 Å². The third-order valence-corrected chi connectivity index (χ3v) is 5.83. The van der Waals surface area contributed by atoms with Crippen LogP contribution >= 0.6 is 11.6 Å². The Morgan fingerprint density at radius 1 is 1.19 bits per heavy atom. The first-order valence-electron chi connectivity index (χ1n) is 11.7. The zero-order valence-electron chi connectivity index (χ0n) is 20.3. The minimum Gasteiger partial charge on any atom is -0.494 e. The Kier molecular flexibility index (Phi) is 4.53. The fraction of sp³-hybridized carbons (Fsp3) is 0.208. The zero-order chi connectivity index (χ0) is 24.6. The summed E-state index contributed by atoms with van der Waals surface area (Å²) in [5.74, 6) is 1.29. The SMILES string of the molecule is [2H]C([2H])([2H])Nc1nc(Nc2ccc(-n3cnc(Cl)c3)c(OC)c2)nc2c1CC[C@H]2c1ccccc1. The molecule has 8 heteroatoms. The van der Waals surface area contributed by atoms with Crippen molar-refractivity contribution in [3.63, 3.8) is 0 Å². The van der Waals surface area contributed by atoms with Crippen LogP contribution in [0.2, 0.25) is 5.15 Å². The summed E-state index contributed by atoms with van der Waals surface area (Å²) in [7, 11) is 1.58. The van der Waals surface area contributed by atoms with Gasteiger partial charge in [-0.3, -0.25) is 0 Å². The van der Waals surface area contributed by atoms with Gasteiger partial charge in [-0.15, -0.1) is 0 Å². The lowest BCUT2D eigenvalue weighted by Crippen LogP contribution is -2.08. The number of aromatic nitrogens is 4. The third kappa shape index (κ3) is 3.76. The maximum Gasteiger partial charge on any atom is 0.229 e. The van der Waals surface area contributed by atoms with Crippen molar-refractivity contribution in [2.75, 3.05) is 24.7 Å². The van der Waals surface area contributed by atoms with Crippen LogP contribution < -0.4 is 15.4 Å². The van der Waals surface area contributed by atoms with Gasteiger partial charge in [-0.05, 0) is 30.5 Å². The van der Waals surface area contributed by atoms with Gasteiger partial charge in [0.25, 0.3) is 0 Å². The molecule has 5 rings (SSSR count). The van der Waals surface area contributed by atoms with E-state index >= 15 is 0 Å². The molecule has 0 saturated heterocycles. The van der Waals surface area contributed by atoms with Gasteiger partial charge < -0.3 is 19.9 Å². The topological polar surface area (TPSA) is 76.9 Å². The Labute approximate surface area is 195 Å². The molecule has 1 atom stereocenters. The van der Waals surface area contributed by atoms with Crippen LogP contribution in [0.25, 0.3) is 5.69 Å². The lowest BCUT2D eigenvalue weighted by molar-refractivity contribution is 0.413. The molecule has 162 valence electrons. The number of imidazole rings is 1. The number of fused-ring (bicyclic) bond motifs is 1. The Morgan fingerprint density at radius 2 is 2.06 bits per heavy atom. The molecule has 2 aromatic heterocycles. The number of hydrogen-bond acceptors (Lipinski definition) is 6. The molecule has 1 aliphatic carbocycles. The molecule has 2 aromatic carbocycles. The monoisotopic (exact) mass is 449 g/mol. The van der Waals surface area contributed by atoms with Crippen LogP contribution in [-0.2, 0) is 6.42 Å². The maximum atomic E-state index is 7.71. The number of methoxy groups -OCH3 is 1. The number of nitrogens with one attached hydrogen (secondary N) is 2. The van der Waals surface area contributed by atoms with Crippen LogP contribution in [0.5, 0.6) is 5.75 Å². The quantitative estimate of drug-likeness (QED) is 0.422. The maximum absolute atomic E-state index is 7.71. The first-order valence-corrected chi connectivity index (χ1v) is 10.6. The van der Waals surface area contributed by atoms with E-state index in [2.05, 4.69) is 32.7 Å². The number of hydrogen-bond donors (Lipinski definition) is 2. The number of rotatable bonds is 6. The Bertz CT molecular complexity index is 1360. The Hall–Kier alpha value is -3.58. The molecule has 2 N–H and O–H groups in total. The Balaban J connectivity index is 1.52. The van der Waals surface area contributed by atoms with Gasteiger partial charge in [-0.25, -0.2) is 9.97 Å². The van der Waals surface area contributed by atoms with E-state index in [9.17, 15) is 0 Å². The average Bonchev–Trinajstić information content (AvgIpc) is 3.45. The lowest BCUT2D eigenvalue weighted by atomic mass is 9.97. The predicted molar refractivity (Wildman–Crippen MR) is 127 cm³/mol. The van der Waals surface area contributed by atoms with Crippen molar-refractivity contribution >= 4 is 29.1 Å². The van der Waals surface area contributed by atoms with Gasteiger partial charge in [0.05, 0.1) is 18.5 Å². The minimum atomic E-state index is -2.37. The van der Waals surface area contributed by atoms with Crippen molar-refractivity contribution in [3.05, 3.63) is 83.0 Å². The van der Waals surface area contributed by atoms with E-state index < -0.39 is 6.98 Å². The Morgan fingerprint density at radius 3 is 2.81 bits per heavy atom. The molecule has 32 heavy (non-hydrogen) atoms. The molecule has 1 aliphatic rings. The van der Waals surface area contributed by atoms with Crippen molar-refractivity contribution in [2.24, 2.45) is 0 Å². The van der Waals surface area contributed by atoms with E-state index in [1.807, 2.05) is 36.4 Å². The van der Waals surface area contributed by atoms with Gasteiger partial charge in [0, 0.05) is 40.5 Å². The van der Waals surface area contributed by atoms with E-state index in [-0.39, 0.29) is 5.92 Å². The van der Waals surface area contributed by atoms with E-state index in [1.54, 1.807) is 24.2 Å². The van der Waals surface area contributed by atoms with E-state index in [0.717, 1.165) is 28.9 Å². The second-order valence-corrected chi connectivity index (χ2v) is 7.89. The molecule has 0 fully saturated rings. The summed E-state index contributed by atoms with van der Waals surface area (Å²) in [5, 5.41) is 6.19. The molecule has 0 spiro atoms. The van der Waals surface area contributed by atoms with Crippen LogP contribution in [0.3, 0.4) is 0 Å². The van der Waals surface area contributed by atoms with Crippen LogP contribution in [-0.4, -0.2) is 33.6 Å². The lowest BCUT2D eigenvalue weighted by Gasteiger charge is -2.16. The highest BCUT2D eigenvalue weighted by Gasteiger charge is 2.29. The van der Waals surface area contributed by atoms with Gasteiger partial charge in [-0.1, -0.05) is 41.9 Å². The molecule has 0 radical (unpaired) electrons. The van der Waals surface area contributed by atoms with Gasteiger partial charge >= 0.3 is 0 Å². The van der Waals surface area contributed by atoms with Gasteiger partial charge in [0.2, 0.25) is 5.95 Å². The third-order valence-electron chi connectivity index (χ3n) is 5.64. The van der Waals surface area contributed by atoms with E-state index in [4.69, 9.17) is 25.4 Å². The number of ether oxygens (including phenoxy) is 1. The van der Waals surface area contributed by atoms with Crippen LogP contribution in [0.4, 0.5) is 17.5 Å². The molecular formula is C24H23ClN6O. The van der Waals surface area contributed by atoms with Gasteiger partial charge in [-0.2, -0.15) is 4.98 Å². The highest BCUT2D eigenvalue weighted by atomic mass is 35.5. The summed E-state index contributed by atoms with van der Waals surface area (Å²) < 4.78 is 30.4. The van der Waals surface area contributed by atoms with Crippen LogP contribution in [0.1, 0.15) is 33.3 Å². The largest absolute Gasteiger partial charge is 0.494 e. The molecular weight excluding hydrogens is 424 g/mol. The number of benzene rings is 2. The molecule has 0 aliphatic heterocycles. The summed E-state index contributed by atoms with van der Waals surface area (Å²) >= 11 is 5.96. The standard InChI is InChI=1S/C24H23ClN6O/c1-26-23-18-10-9-17(15-6-4-3-5-7-15)22(18)29-24(30-23)28-16-8-11-19(20(12-16)32-2)31-13-21(25)27-14-31/h3-8,11-14,17H,9-10H2,1-2H3,(H2,26,28,29,30)/t17-/m0/s1/i1D3. The van der Waals surface area contributed by atoms with Crippen molar-refractivity contribution in [1.29, 1.82) is 0 Å². The fourth-order valence-electron chi connectivity index (χ4n) is 4.16. The zero-order valence-corrected chi connectivity index (χ0v) is 18.1. The van der Waals surface area contributed by atoms with Crippen molar-refractivity contribution in [1.82, 2.24) is 19.5 Å². The summed E-state index contributed by atoms with van der Waals surface area (Å²) in [6.45, 7) is -2.37. The van der Waals surface area contributed by atoms with Crippen molar-refractivity contribution in [2.45, 2.75) is 18.8 Å². The summed E-state index contributed by atoms with van der Waals surface area (Å²) in [5.41, 5.74) is 4.26. The minimum absolute atomic E-state index is 0.0646. The van der Waals surface area contributed by atoms with Gasteiger partial charge in [0.1, 0.15) is 23.0 Å². The first kappa shape index (κ1) is 17.0. The average molecular weight is 450 g/mol. The normalized spacial score (nSPS) is 16.6. The molecule has 2 heterocycles. The molecule has 4 aromatic rings. The highest BCUT2D eigenvalue weighted by molar-refractivity contribution is 6.29. The first-order chi connectivity index (χ1) is 16.8. The summed E-state index contributed by atoms with van der Waals surface area (Å²) in [6.07, 6.45) is 4.83. The van der Waals surface area contributed by atoms with Crippen molar-refractivity contribution < 1.29 is 8.85 Å². The summed E-state index contributed by atoms with van der Waals surface area (Å²) in [4.78, 5) is 13.4. The predicted octanol–water partition coefficient (Wildman–Crippen LogP) is 5.19. The molecule has 7 nitrogen and oxygen atoms in total. The molecule has 0 unspecified atom stereocenters. The molecule has 0 amide bonds. The number of halogens is 1. The second kappa shape index (κ2) is 8.51. The fourth-order valence-corrected chi connectivity index (χ4v) is 4.31. The van der Waals surface area contributed by atoms with Crippen molar-refractivity contribution in [3.8, 4) is 11.4 Å². The van der Waals surface area contributed by atoms with Crippen LogP contribution in [0.15, 0.2) is 61.1 Å². The number of anilines is 3. The summed E-state index contributed by atoms with van der Waals surface area (Å²) in [6, 6.07) is 15.6. The highest BCUT2D eigenvalue weighted by Crippen LogP contribution is 2.40. The molecule has 0 saturated carbocycles. The smallest absolute Gasteiger partial charge is 0.229 e. The second-order valence-electron chi connectivity index (χ2n) is 7.50. The number of nitrogens with zero attached hydrogens (tertiary/aromatic N) is 4. The van der Waals surface area contributed by atoms with E-state index in [0.29, 0.717) is 34.8 Å².